The smallest absolute Gasteiger partial charge is 0.156 e. The minimum Gasteiger partial charge on any atom is -0.507 e. The summed E-state index contributed by atoms with van der Waals surface area (Å²) in [4.78, 5) is 33.7. The van der Waals surface area contributed by atoms with Gasteiger partial charge in [-0.2, -0.15) is 24.3 Å². The summed E-state index contributed by atoms with van der Waals surface area (Å²) in [5.41, 5.74) is 28.4. The van der Waals surface area contributed by atoms with Crippen molar-refractivity contribution in [1.82, 2.24) is 9.97 Å². The Bertz CT molecular complexity index is 3320. The first kappa shape index (κ1) is 60.6. The molecule has 4 heterocycles. The van der Waals surface area contributed by atoms with Gasteiger partial charge >= 0.3 is 0 Å². The second-order valence-electron chi connectivity index (χ2n) is 17.6. The van der Waals surface area contributed by atoms with Crippen molar-refractivity contribution in [2.75, 3.05) is 0 Å². The molecule has 8 aromatic rings. The van der Waals surface area contributed by atoms with Crippen LogP contribution < -0.4 is 0 Å². The van der Waals surface area contributed by atoms with Gasteiger partial charge in [0.05, 0.1) is 0 Å². The van der Waals surface area contributed by atoms with E-state index in [1.54, 1.807) is 35.1 Å². The predicted molar refractivity (Wildman–Crippen MR) is 308 cm³/mol. The number of fused-ring (bicyclic) bond motifs is 3. The number of ketones is 2. The van der Waals surface area contributed by atoms with E-state index in [-0.39, 0.29) is 63.3 Å². The number of nitrogens with zero attached hydrogens (tertiary/aromatic N) is 2. The van der Waals surface area contributed by atoms with E-state index in [1.807, 2.05) is 108 Å². The summed E-state index contributed by atoms with van der Waals surface area (Å²) in [5.74, 6) is -0.543. The molecule has 0 amide bonds. The number of thiophene rings is 2. The average molecular weight is 1400 g/mol. The number of hydrogen-bond donors (Lipinski definition) is 2. The van der Waals surface area contributed by atoms with E-state index in [1.165, 1.54) is 62.8 Å². The van der Waals surface area contributed by atoms with Crippen LogP contribution in [0.2, 0.25) is 0 Å². The van der Waals surface area contributed by atoms with Crippen LogP contribution in [0.15, 0.2) is 216 Å². The number of carbonyl (C=O) groups excluding carboxylic acids is 2. The van der Waals surface area contributed by atoms with Crippen LogP contribution in [0, 0.1) is 12.1 Å². The van der Waals surface area contributed by atoms with E-state index in [4.69, 9.17) is 0 Å². The monoisotopic (exact) mass is 1400 g/mol. The number of aliphatic hydroxyl groups is 2. The zero-order valence-corrected chi connectivity index (χ0v) is 49.4. The molecule has 4 aromatic heterocycles. The van der Waals surface area contributed by atoms with Crippen molar-refractivity contribution < 1.29 is 60.0 Å². The van der Waals surface area contributed by atoms with Gasteiger partial charge in [0.1, 0.15) is 11.5 Å². The van der Waals surface area contributed by atoms with Gasteiger partial charge in [0.15, 0.2) is 11.6 Å². The van der Waals surface area contributed by atoms with Crippen molar-refractivity contribution in [3.05, 3.63) is 250 Å². The van der Waals surface area contributed by atoms with Gasteiger partial charge < -0.3 is 20.2 Å². The van der Waals surface area contributed by atoms with Gasteiger partial charge in [-0.15, -0.1) is 10.8 Å². The molecule has 0 aliphatic heterocycles. The summed E-state index contributed by atoms with van der Waals surface area (Å²) in [6.07, 6.45) is 16.0. The van der Waals surface area contributed by atoms with Gasteiger partial charge in [0.2, 0.25) is 0 Å². The van der Waals surface area contributed by atoms with E-state index in [2.05, 4.69) is 112 Å². The third kappa shape index (κ3) is 16.9. The molecule has 2 radical (unpaired) electrons. The molecule has 2 N–H and O–H groups in total. The van der Waals surface area contributed by atoms with E-state index in [0.717, 1.165) is 73.8 Å². The van der Waals surface area contributed by atoms with E-state index in [0.29, 0.717) is 11.1 Å². The molecule has 1 aliphatic carbocycles. The molecule has 0 spiro atoms. The molecule has 4 aromatic carbocycles. The Morgan fingerprint density at radius 1 is 0.597 bits per heavy atom. The molecular weight excluding hydrogens is 1350 g/mol. The minimum atomic E-state index is -0.529. The molecule has 390 valence electrons. The number of benzene rings is 4. The van der Waals surface area contributed by atoms with Crippen LogP contribution >= 0.6 is 22.7 Å². The van der Waals surface area contributed by atoms with Crippen molar-refractivity contribution in [2.24, 2.45) is 0 Å². The number of aromatic nitrogens is 2. The van der Waals surface area contributed by atoms with Gasteiger partial charge in [0, 0.05) is 81.3 Å². The summed E-state index contributed by atoms with van der Waals surface area (Å²) in [6.45, 7) is 8.58. The number of hydrogen-bond acceptors (Lipinski definition) is 8. The van der Waals surface area contributed by atoms with Crippen LogP contribution in [0.1, 0.15) is 88.0 Å². The molecule has 0 bridgehead atoms. The number of pyridine rings is 2. The fraction of sp³-hybridized carbons (Fsp3) is 0.164. The van der Waals surface area contributed by atoms with E-state index >= 15 is 0 Å². The standard InChI is InChI=1S/C49H44O4.2C9H6NS.2Ir/c1-5-7-9-11-13-15-29-49(30-16-14-12-10-8-6-2)45-33-41(37-17-21-39(22-18-37)47(52)31-35(3)50)25-27-43(45)44-28-26-42(34-46(44)49)38-19-23-40(24-20-38)48(53)32-36(4)51;2*1-2-6-10-8(4-1)9-5-3-7-11-9;;/h17-29,31-34,52-53H,1,6,8,10,12,14,16,30H2,2-4H3;2*1-4,6-7H;;/q;2*-1;;/b47-31-,48-32-;;;;. The van der Waals surface area contributed by atoms with Gasteiger partial charge in [-0.1, -0.05) is 164 Å². The summed E-state index contributed by atoms with van der Waals surface area (Å²) < 4.78 is 0. The molecule has 6 nitrogen and oxygen atoms in total. The number of allylic oxidation sites excluding steroid dienone is 3. The molecular formula is C67H56Ir2N2O4S2-2. The number of rotatable bonds is 16. The van der Waals surface area contributed by atoms with Crippen LogP contribution in [0.25, 0.3) is 66.0 Å². The Morgan fingerprint density at radius 2 is 1.05 bits per heavy atom. The first-order chi connectivity index (χ1) is 36.6. The van der Waals surface area contributed by atoms with Crippen molar-refractivity contribution in [3.8, 4) is 54.5 Å². The van der Waals surface area contributed by atoms with Crippen molar-refractivity contribution in [3.63, 3.8) is 0 Å². The van der Waals surface area contributed by atoms with E-state index in [9.17, 15) is 19.8 Å². The first-order valence-electron chi connectivity index (χ1n) is 24.8. The predicted octanol–water partition coefficient (Wildman–Crippen LogP) is 17.3. The largest absolute Gasteiger partial charge is 0.507 e. The maximum absolute atomic E-state index is 11.5. The van der Waals surface area contributed by atoms with Crippen LogP contribution in [-0.2, 0) is 55.2 Å². The zero-order chi connectivity index (χ0) is 52.8. The summed E-state index contributed by atoms with van der Waals surface area (Å²) >= 11 is 3.32. The average Bonchev–Trinajstić information content (AvgIpc) is 4.24. The molecule has 10 heteroatoms. The summed E-state index contributed by atoms with van der Waals surface area (Å²) in [6, 6.07) is 50.2. The van der Waals surface area contributed by atoms with Crippen molar-refractivity contribution in [2.45, 2.75) is 71.1 Å². The minimum absolute atomic E-state index is 0. The molecule has 0 saturated heterocycles. The molecule has 1 aliphatic rings. The third-order valence-corrected chi connectivity index (χ3v) is 14.0. The molecule has 0 atom stereocenters. The Labute approximate surface area is 487 Å². The van der Waals surface area contributed by atoms with Gasteiger partial charge in [-0.25, -0.2) is 22.7 Å². The van der Waals surface area contributed by atoms with Crippen molar-refractivity contribution in [1.29, 1.82) is 0 Å². The van der Waals surface area contributed by atoms with Gasteiger partial charge in [-0.3, -0.25) is 9.59 Å². The Morgan fingerprint density at radius 3 is 1.47 bits per heavy atom. The second kappa shape index (κ2) is 31.1. The molecule has 9 rings (SSSR count). The quantitative estimate of drug-likeness (QED) is 0.0329. The SMILES string of the molecule is C=C=C=C=C=C=C=CC1(CCCCCCCC)c2cc(-c3ccc(/C(O)=C/C(C)=O)cc3)ccc2-c2ccc(-c3ccc(/C(O)=C/C(C)=O)cc3)cc21.[Ir].[Ir].[c-]1ccsc1-c1ccccn1.[c-]1ccsc1-c1ccccn1. The summed E-state index contributed by atoms with van der Waals surface area (Å²) in [5, 5.41) is 24.8. The third-order valence-electron chi connectivity index (χ3n) is 12.3. The molecule has 0 fully saturated rings. The Kier molecular flexibility index (Phi) is 24.4. The van der Waals surface area contributed by atoms with Crippen LogP contribution in [-0.4, -0.2) is 31.7 Å². The maximum Gasteiger partial charge on any atom is 0.156 e. The van der Waals surface area contributed by atoms with Gasteiger partial charge in [0.25, 0.3) is 0 Å². The van der Waals surface area contributed by atoms with Crippen molar-refractivity contribution >= 4 is 45.8 Å². The number of aliphatic hydroxyl groups excluding tert-OH is 2. The van der Waals surface area contributed by atoms with Crippen LogP contribution in [0.4, 0.5) is 0 Å². The van der Waals surface area contributed by atoms with Crippen LogP contribution in [0.3, 0.4) is 0 Å². The van der Waals surface area contributed by atoms with Crippen LogP contribution in [0.5, 0.6) is 0 Å². The molecule has 0 saturated carbocycles. The molecule has 77 heavy (non-hydrogen) atoms. The molecule has 0 unspecified atom stereocenters. The normalized spacial score (nSPS) is 11.4. The fourth-order valence-corrected chi connectivity index (χ4v) is 10.1. The fourth-order valence-electron chi connectivity index (χ4n) is 8.76. The Balaban J connectivity index is 0.000000370. The van der Waals surface area contributed by atoms with E-state index < -0.39 is 5.41 Å². The number of unbranched alkanes of at least 4 members (excludes halogenated alkanes) is 5. The van der Waals surface area contributed by atoms with Gasteiger partial charge in [-0.05, 0) is 136 Å². The number of carbonyl (C=O) groups is 2. The second-order valence-corrected chi connectivity index (χ2v) is 19.5. The summed E-state index contributed by atoms with van der Waals surface area (Å²) in [7, 11) is 0. The Hall–Kier alpha value is -7.28. The maximum atomic E-state index is 11.5. The zero-order valence-electron chi connectivity index (χ0n) is 43.0. The first-order valence-corrected chi connectivity index (χ1v) is 26.5. The topological polar surface area (TPSA) is 100 Å².